The van der Waals surface area contributed by atoms with Gasteiger partial charge in [0, 0.05) is 24.3 Å². The van der Waals surface area contributed by atoms with Gasteiger partial charge in [-0.25, -0.2) is 0 Å². The van der Waals surface area contributed by atoms with Gasteiger partial charge in [-0.1, -0.05) is 41.4 Å². The van der Waals surface area contributed by atoms with E-state index in [1.165, 1.54) is 50.6 Å². The molecule has 0 aromatic heterocycles. The third-order valence-corrected chi connectivity index (χ3v) is 5.46. The highest BCUT2D eigenvalue weighted by molar-refractivity contribution is 6.32. The zero-order valence-electron chi connectivity index (χ0n) is 19.1. The molecular weight excluding hydrogens is 509 g/mol. The Hall–Kier alpha value is -4.26. The van der Waals surface area contributed by atoms with Gasteiger partial charge in [-0.15, -0.1) is 0 Å². The molecule has 0 saturated heterocycles. The maximum absolute atomic E-state index is 12.8. The summed E-state index contributed by atoms with van der Waals surface area (Å²) in [5.41, 5.74) is 1.12. The lowest BCUT2D eigenvalue weighted by atomic mass is 10.1. The van der Waals surface area contributed by atoms with E-state index < -0.39 is 10.8 Å². The van der Waals surface area contributed by atoms with Crippen molar-refractivity contribution in [1.29, 1.82) is 5.26 Å². The van der Waals surface area contributed by atoms with Crippen LogP contribution in [0.15, 0.2) is 60.2 Å². The van der Waals surface area contributed by atoms with Crippen molar-refractivity contribution in [2.75, 3.05) is 19.5 Å². The molecule has 0 radical (unpaired) electrons. The van der Waals surface area contributed by atoms with E-state index in [4.69, 9.17) is 37.4 Å². The van der Waals surface area contributed by atoms with E-state index in [9.17, 15) is 20.2 Å². The van der Waals surface area contributed by atoms with Crippen LogP contribution in [0.3, 0.4) is 0 Å². The van der Waals surface area contributed by atoms with Crippen LogP contribution >= 0.6 is 23.2 Å². The number of carbonyl (C=O) groups excluding carboxylic acids is 1. The summed E-state index contributed by atoms with van der Waals surface area (Å²) < 4.78 is 16.1. The highest BCUT2D eigenvalue weighted by Crippen LogP contribution is 2.36. The second kappa shape index (κ2) is 11.9. The number of amides is 1. The maximum Gasteiger partial charge on any atom is 0.269 e. The van der Waals surface area contributed by atoms with Crippen LogP contribution in [0.4, 0.5) is 11.4 Å². The lowest BCUT2D eigenvalue weighted by molar-refractivity contribution is -0.384. The number of nitrogens with zero attached hydrogens (tertiary/aromatic N) is 2. The number of nitro groups is 1. The van der Waals surface area contributed by atoms with Gasteiger partial charge in [-0.05, 0) is 29.3 Å². The van der Waals surface area contributed by atoms with E-state index in [1.807, 2.05) is 6.07 Å². The molecular formula is C25H19Cl2N3O6. The Labute approximate surface area is 216 Å². The van der Waals surface area contributed by atoms with Gasteiger partial charge < -0.3 is 19.5 Å². The number of carbonyl (C=O) groups is 1. The number of non-ortho nitro benzene ring substituents is 1. The molecule has 11 heteroatoms. The van der Waals surface area contributed by atoms with Crippen LogP contribution in [-0.4, -0.2) is 25.1 Å². The van der Waals surface area contributed by atoms with E-state index in [2.05, 4.69) is 5.32 Å². The number of hydrogen-bond donors (Lipinski definition) is 1. The smallest absolute Gasteiger partial charge is 0.269 e. The molecule has 36 heavy (non-hydrogen) atoms. The lowest BCUT2D eigenvalue weighted by Gasteiger charge is -2.13. The van der Waals surface area contributed by atoms with E-state index >= 15 is 0 Å². The molecule has 0 aliphatic heterocycles. The summed E-state index contributed by atoms with van der Waals surface area (Å²) >= 11 is 12.4. The largest absolute Gasteiger partial charge is 0.495 e. The number of rotatable bonds is 9. The van der Waals surface area contributed by atoms with Crippen molar-refractivity contribution in [3.05, 3.63) is 91.5 Å². The van der Waals surface area contributed by atoms with Crippen LogP contribution in [-0.2, 0) is 11.4 Å². The van der Waals surface area contributed by atoms with Crippen molar-refractivity contribution >= 4 is 46.6 Å². The second-order valence-electron chi connectivity index (χ2n) is 7.22. The zero-order valence-corrected chi connectivity index (χ0v) is 20.6. The lowest BCUT2D eigenvalue weighted by Crippen LogP contribution is -2.14. The molecule has 0 fully saturated rings. The summed E-state index contributed by atoms with van der Waals surface area (Å²) in [5, 5.41) is 23.6. The summed E-state index contributed by atoms with van der Waals surface area (Å²) in [6, 6.07) is 15.6. The predicted molar refractivity (Wildman–Crippen MR) is 136 cm³/mol. The molecule has 0 saturated carbocycles. The molecule has 184 valence electrons. The van der Waals surface area contributed by atoms with Crippen molar-refractivity contribution < 1.29 is 23.9 Å². The van der Waals surface area contributed by atoms with Gasteiger partial charge in [0.25, 0.3) is 11.6 Å². The summed E-state index contributed by atoms with van der Waals surface area (Å²) in [4.78, 5) is 23.2. The summed E-state index contributed by atoms with van der Waals surface area (Å²) in [5.74, 6) is 0.269. The minimum atomic E-state index is -0.678. The van der Waals surface area contributed by atoms with E-state index in [0.29, 0.717) is 33.4 Å². The number of nitriles is 1. The van der Waals surface area contributed by atoms with Crippen LogP contribution in [0.25, 0.3) is 6.08 Å². The van der Waals surface area contributed by atoms with Gasteiger partial charge >= 0.3 is 0 Å². The first-order valence-electron chi connectivity index (χ1n) is 10.3. The Balaban J connectivity index is 1.76. The number of nitrogens with one attached hydrogen (secondary N) is 1. The molecule has 1 N–H and O–H groups in total. The summed E-state index contributed by atoms with van der Waals surface area (Å²) in [6.45, 7) is 0.0643. The average molecular weight is 528 g/mol. The van der Waals surface area contributed by atoms with Crippen LogP contribution < -0.4 is 19.5 Å². The van der Waals surface area contributed by atoms with E-state index in [1.54, 1.807) is 24.3 Å². The third kappa shape index (κ3) is 6.44. The van der Waals surface area contributed by atoms with E-state index in [0.717, 1.165) is 0 Å². The molecule has 3 rings (SSSR count). The van der Waals surface area contributed by atoms with Gasteiger partial charge in [-0.2, -0.15) is 5.26 Å². The van der Waals surface area contributed by atoms with Crippen LogP contribution in [0, 0.1) is 21.4 Å². The molecule has 3 aromatic carbocycles. The Morgan fingerprint density at radius 1 is 1.06 bits per heavy atom. The molecule has 9 nitrogen and oxygen atoms in total. The van der Waals surface area contributed by atoms with Crippen molar-refractivity contribution in [2.24, 2.45) is 0 Å². The van der Waals surface area contributed by atoms with Crippen molar-refractivity contribution in [3.8, 4) is 23.3 Å². The Kier molecular flexibility index (Phi) is 8.73. The number of halogens is 2. The van der Waals surface area contributed by atoms with Gasteiger partial charge in [0.05, 0.1) is 34.9 Å². The molecule has 0 aliphatic carbocycles. The minimum Gasteiger partial charge on any atom is -0.495 e. The number of methoxy groups -OCH3 is 2. The third-order valence-electron chi connectivity index (χ3n) is 4.87. The van der Waals surface area contributed by atoms with Crippen molar-refractivity contribution in [1.82, 2.24) is 0 Å². The van der Waals surface area contributed by atoms with Crippen LogP contribution in [0.2, 0.25) is 10.0 Å². The molecule has 0 aliphatic rings. The Morgan fingerprint density at radius 3 is 2.42 bits per heavy atom. The number of benzene rings is 3. The van der Waals surface area contributed by atoms with Crippen molar-refractivity contribution in [2.45, 2.75) is 6.61 Å². The number of anilines is 1. The predicted octanol–water partition coefficient (Wildman–Crippen LogP) is 6.04. The van der Waals surface area contributed by atoms with Crippen molar-refractivity contribution in [3.63, 3.8) is 0 Å². The molecule has 1 amide bonds. The first kappa shape index (κ1) is 26.3. The Morgan fingerprint density at radius 2 is 1.78 bits per heavy atom. The van der Waals surface area contributed by atoms with Gasteiger partial charge in [0.2, 0.25) is 0 Å². The fourth-order valence-corrected chi connectivity index (χ4v) is 3.58. The molecule has 0 bridgehead atoms. The Bertz CT molecular complexity index is 1380. The molecule has 0 heterocycles. The summed E-state index contributed by atoms with van der Waals surface area (Å²) in [6.07, 6.45) is 1.37. The second-order valence-corrected chi connectivity index (χ2v) is 8.03. The quantitative estimate of drug-likeness (QED) is 0.155. The fraction of sp³-hybridized carbons (Fsp3) is 0.120. The maximum atomic E-state index is 12.8. The monoisotopic (exact) mass is 527 g/mol. The fourth-order valence-electron chi connectivity index (χ4n) is 3.11. The SMILES string of the molecule is COc1cc(NC(=O)/C(C#N)=C/c2ccc(OCc3cccc([N+](=O)[O-])c3)c(Cl)c2)c(OC)cc1Cl. The molecule has 0 atom stereocenters. The first-order chi connectivity index (χ1) is 17.2. The summed E-state index contributed by atoms with van der Waals surface area (Å²) in [7, 11) is 2.85. The van der Waals surface area contributed by atoms with E-state index in [-0.39, 0.29) is 28.6 Å². The highest BCUT2D eigenvalue weighted by atomic mass is 35.5. The molecule has 0 spiro atoms. The average Bonchev–Trinajstić information content (AvgIpc) is 2.87. The number of ether oxygens (including phenoxy) is 3. The highest BCUT2D eigenvalue weighted by Gasteiger charge is 2.16. The topological polar surface area (TPSA) is 124 Å². The van der Waals surface area contributed by atoms with Gasteiger partial charge in [-0.3, -0.25) is 14.9 Å². The normalized spacial score (nSPS) is 10.8. The molecule has 0 unspecified atom stereocenters. The van der Waals surface area contributed by atoms with Gasteiger partial charge in [0.1, 0.15) is 35.5 Å². The standard InChI is InChI=1S/C25H19Cl2N3O6/c1-34-23-12-21(24(35-2)11-20(23)27)29-25(31)17(13-28)8-15-6-7-22(19(26)10-15)36-14-16-4-3-5-18(9-16)30(32)33/h3-12H,14H2,1-2H3,(H,29,31)/b17-8+. The first-order valence-corrected chi connectivity index (χ1v) is 11.0. The van der Waals surface area contributed by atoms with Crippen LogP contribution in [0.5, 0.6) is 17.2 Å². The number of nitro benzene ring substituents is 1. The number of hydrogen-bond acceptors (Lipinski definition) is 7. The molecule has 3 aromatic rings. The van der Waals surface area contributed by atoms with Crippen LogP contribution in [0.1, 0.15) is 11.1 Å². The minimum absolute atomic E-state index is 0.0420. The zero-order chi connectivity index (χ0) is 26.2. The van der Waals surface area contributed by atoms with Gasteiger partial charge in [0.15, 0.2) is 0 Å².